The second kappa shape index (κ2) is 11.2. The summed E-state index contributed by atoms with van der Waals surface area (Å²) in [6, 6.07) is 5.88. The molecule has 1 aromatic carbocycles. The molecule has 9 nitrogen and oxygen atoms in total. The standard InChI is InChI=1S/C20H25N3O6S/c1-4-6-9-12-22(20-21-14(3)18(30-20)19(25)28-5-2)17(24)13-29-16-11-8-7-10-15(16)23(26)27/h7-8,10-11H,4-6,9,12-13H2,1-3H3. The zero-order chi connectivity index (χ0) is 22.1. The molecule has 162 valence electrons. The van der Waals surface area contributed by atoms with E-state index in [0.29, 0.717) is 22.2 Å². The lowest BCUT2D eigenvalue weighted by molar-refractivity contribution is -0.385. The van der Waals surface area contributed by atoms with Crippen LogP contribution in [0.3, 0.4) is 0 Å². The molecular weight excluding hydrogens is 410 g/mol. The lowest BCUT2D eigenvalue weighted by atomic mass is 10.2. The summed E-state index contributed by atoms with van der Waals surface area (Å²) in [5.41, 5.74) is 0.277. The molecule has 0 unspecified atom stereocenters. The minimum atomic E-state index is -0.561. The molecular formula is C20H25N3O6S. The van der Waals surface area contributed by atoms with Crippen LogP contribution in [0, 0.1) is 17.0 Å². The molecule has 0 saturated heterocycles. The summed E-state index contributed by atoms with van der Waals surface area (Å²) in [5, 5.41) is 11.5. The first-order valence-corrected chi connectivity index (χ1v) is 10.5. The molecule has 0 bridgehead atoms. The molecule has 1 aromatic heterocycles. The van der Waals surface area contributed by atoms with Gasteiger partial charge in [0.05, 0.1) is 17.2 Å². The number of para-hydroxylation sites is 2. The third-order valence-corrected chi connectivity index (χ3v) is 5.34. The van der Waals surface area contributed by atoms with Crippen LogP contribution in [-0.4, -0.2) is 41.5 Å². The number of ether oxygens (including phenoxy) is 2. The quantitative estimate of drug-likeness (QED) is 0.226. The van der Waals surface area contributed by atoms with E-state index in [2.05, 4.69) is 11.9 Å². The number of amides is 1. The van der Waals surface area contributed by atoms with Crippen LogP contribution in [0.25, 0.3) is 0 Å². The number of unbranched alkanes of at least 4 members (excludes halogenated alkanes) is 2. The predicted octanol–water partition coefficient (Wildman–Crippen LogP) is 4.14. The van der Waals surface area contributed by atoms with E-state index in [1.54, 1.807) is 19.9 Å². The highest BCUT2D eigenvalue weighted by Gasteiger charge is 2.25. The Morgan fingerprint density at radius 1 is 1.23 bits per heavy atom. The first-order chi connectivity index (χ1) is 14.4. The average molecular weight is 436 g/mol. The van der Waals surface area contributed by atoms with E-state index >= 15 is 0 Å². The minimum Gasteiger partial charge on any atom is -0.477 e. The number of rotatable bonds is 11. The van der Waals surface area contributed by atoms with Crippen molar-refractivity contribution < 1.29 is 24.0 Å². The lowest BCUT2D eigenvalue weighted by Crippen LogP contribution is -2.35. The molecule has 0 aliphatic heterocycles. The van der Waals surface area contributed by atoms with E-state index in [0.717, 1.165) is 30.6 Å². The molecule has 0 N–H and O–H groups in total. The normalized spacial score (nSPS) is 10.5. The third kappa shape index (κ3) is 5.99. The molecule has 0 atom stereocenters. The van der Waals surface area contributed by atoms with Gasteiger partial charge in [-0.05, 0) is 26.3 Å². The summed E-state index contributed by atoms with van der Waals surface area (Å²) in [4.78, 5) is 41.7. The smallest absolute Gasteiger partial charge is 0.350 e. The molecule has 2 rings (SSSR count). The van der Waals surface area contributed by atoms with Crippen molar-refractivity contribution in [2.75, 3.05) is 24.7 Å². The molecule has 0 saturated carbocycles. The van der Waals surface area contributed by atoms with Gasteiger partial charge in [0.25, 0.3) is 5.91 Å². The molecule has 1 amide bonds. The summed E-state index contributed by atoms with van der Waals surface area (Å²) in [6.07, 6.45) is 2.64. The van der Waals surface area contributed by atoms with Crippen molar-refractivity contribution in [3.63, 3.8) is 0 Å². The maximum atomic E-state index is 12.9. The van der Waals surface area contributed by atoms with Gasteiger partial charge < -0.3 is 9.47 Å². The van der Waals surface area contributed by atoms with Gasteiger partial charge in [0.2, 0.25) is 0 Å². The average Bonchev–Trinajstić information content (AvgIpc) is 3.11. The van der Waals surface area contributed by atoms with Gasteiger partial charge in [-0.3, -0.25) is 19.8 Å². The van der Waals surface area contributed by atoms with Gasteiger partial charge in [-0.1, -0.05) is 43.2 Å². The van der Waals surface area contributed by atoms with Gasteiger partial charge in [-0.25, -0.2) is 9.78 Å². The van der Waals surface area contributed by atoms with Crippen molar-refractivity contribution >= 4 is 34.0 Å². The van der Waals surface area contributed by atoms with Crippen molar-refractivity contribution in [1.29, 1.82) is 0 Å². The van der Waals surface area contributed by atoms with Crippen LogP contribution < -0.4 is 9.64 Å². The molecule has 0 fully saturated rings. The molecule has 0 aliphatic carbocycles. The summed E-state index contributed by atoms with van der Waals surface area (Å²) in [6.45, 7) is 5.72. The Morgan fingerprint density at radius 2 is 1.97 bits per heavy atom. The van der Waals surface area contributed by atoms with E-state index in [-0.39, 0.29) is 24.7 Å². The van der Waals surface area contributed by atoms with E-state index in [4.69, 9.17) is 9.47 Å². The number of hydrogen-bond donors (Lipinski definition) is 0. The van der Waals surface area contributed by atoms with Gasteiger partial charge >= 0.3 is 11.7 Å². The van der Waals surface area contributed by atoms with Gasteiger partial charge in [0.1, 0.15) is 4.88 Å². The van der Waals surface area contributed by atoms with E-state index in [1.807, 2.05) is 0 Å². The zero-order valence-corrected chi connectivity index (χ0v) is 18.1. The molecule has 1 heterocycles. The van der Waals surface area contributed by atoms with Crippen LogP contribution in [0.1, 0.15) is 48.5 Å². The minimum absolute atomic E-state index is 0.0203. The Morgan fingerprint density at radius 3 is 2.63 bits per heavy atom. The Labute approximate surface area is 178 Å². The van der Waals surface area contributed by atoms with Crippen molar-refractivity contribution in [3.05, 3.63) is 45.0 Å². The number of carbonyl (C=O) groups is 2. The van der Waals surface area contributed by atoms with Gasteiger partial charge in [0, 0.05) is 12.6 Å². The Kier molecular flexibility index (Phi) is 8.72. The van der Waals surface area contributed by atoms with Crippen LogP contribution in [0.15, 0.2) is 24.3 Å². The summed E-state index contributed by atoms with van der Waals surface area (Å²) in [5.74, 6) is -0.851. The number of esters is 1. The Hall–Kier alpha value is -3.01. The van der Waals surface area contributed by atoms with Gasteiger partial charge in [-0.15, -0.1) is 0 Å². The van der Waals surface area contributed by atoms with E-state index < -0.39 is 16.8 Å². The molecule has 0 radical (unpaired) electrons. The van der Waals surface area contributed by atoms with Gasteiger partial charge in [0.15, 0.2) is 17.5 Å². The highest BCUT2D eigenvalue weighted by molar-refractivity contribution is 7.17. The molecule has 2 aromatic rings. The number of carbonyl (C=O) groups excluding carboxylic acids is 2. The fourth-order valence-corrected chi connectivity index (χ4v) is 3.68. The number of nitro benzene ring substituents is 1. The van der Waals surface area contributed by atoms with E-state index in [9.17, 15) is 19.7 Å². The van der Waals surface area contributed by atoms with E-state index in [1.165, 1.54) is 23.1 Å². The van der Waals surface area contributed by atoms with Crippen LogP contribution in [0.2, 0.25) is 0 Å². The number of nitro groups is 1. The fraction of sp³-hybridized carbons (Fsp3) is 0.450. The highest BCUT2D eigenvalue weighted by Crippen LogP contribution is 2.29. The van der Waals surface area contributed by atoms with Crippen LogP contribution in [-0.2, 0) is 9.53 Å². The first kappa shape index (κ1) is 23.3. The van der Waals surface area contributed by atoms with Crippen molar-refractivity contribution in [2.45, 2.75) is 40.0 Å². The summed E-state index contributed by atoms with van der Waals surface area (Å²) in [7, 11) is 0. The maximum absolute atomic E-state index is 12.9. The topological polar surface area (TPSA) is 112 Å². The molecule has 0 aliphatic rings. The summed E-state index contributed by atoms with van der Waals surface area (Å²) < 4.78 is 10.5. The number of nitrogens with zero attached hydrogens (tertiary/aromatic N) is 3. The number of aromatic nitrogens is 1. The summed E-state index contributed by atoms with van der Waals surface area (Å²) >= 11 is 1.09. The number of benzene rings is 1. The predicted molar refractivity (Wildman–Crippen MR) is 113 cm³/mol. The lowest BCUT2D eigenvalue weighted by Gasteiger charge is -2.20. The SMILES string of the molecule is CCCCCN(C(=O)COc1ccccc1[N+](=O)[O-])c1nc(C)c(C(=O)OCC)s1. The highest BCUT2D eigenvalue weighted by atomic mass is 32.1. The van der Waals surface area contributed by atoms with Crippen LogP contribution >= 0.6 is 11.3 Å². The Bertz CT molecular complexity index is 898. The van der Waals surface area contributed by atoms with Crippen molar-refractivity contribution in [3.8, 4) is 5.75 Å². The monoisotopic (exact) mass is 435 g/mol. The molecule has 10 heteroatoms. The second-order valence-electron chi connectivity index (χ2n) is 6.40. The largest absolute Gasteiger partial charge is 0.477 e. The third-order valence-electron chi connectivity index (χ3n) is 4.18. The fourth-order valence-electron chi connectivity index (χ4n) is 2.68. The van der Waals surface area contributed by atoms with Gasteiger partial charge in [-0.2, -0.15) is 0 Å². The molecule has 0 spiro atoms. The van der Waals surface area contributed by atoms with Crippen LogP contribution in [0.4, 0.5) is 10.8 Å². The molecule has 30 heavy (non-hydrogen) atoms. The number of hydrogen-bond acceptors (Lipinski definition) is 8. The second-order valence-corrected chi connectivity index (χ2v) is 7.37. The van der Waals surface area contributed by atoms with Crippen molar-refractivity contribution in [1.82, 2.24) is 4.98 Å². The number of anilines is 1. The maximum Gasteiger partial charge on any atom is 0.350 e. The Balaban J connectivity index is 2.20. The number of aryl methyl sites for hydroxylation is 1. The first-order valence-electron chi connectivity index (χ1n) is 9.70. The van der Waals surface area contributed by atoms with Crippen LogP contribution in [0.5, 0.6) is 5.75 Å². The zero-order valence-electron chi connectivity index (χ0n) is 17.3. The number of thiazole rings is 1. The van der Waals surface area contributed by atoms with Crippen molar-refractivity contribution in [2.24, 2.45) is 0 Å².